The standard InChI is InChI=1S/C19H19N5O2/c1-2-4-9(5-3-1)16-21-17(20-14-10-6-25-7-11(10)14)23-18(22-16)24-19-12-8-26-15(19)13(12)19/h1-5,10-15H,6-8H2,(H2,20,21,22,23,24). The first-order chi connectivity index (χ1) is 12.8. The van der Waals surface area contributed by atoms with Gasteiger partial charge in [-0.1, -0.05) is 30.3 Å². The lowest BCUT2D eigenvalue weighted by molar-refractivity contribution is 0.162. The van der Waals surface area contributed by atoms with Crippen molar-refractivity contribution >= 4 is 11.9 Å². The van der Waals surface area contributed by atoms with E-state index in [0.717, 1.165) is 25.4 Å². The third-order valence-corrected chi connectivity index (χ3v) is 6.88. The summed E-state index contributed by atoms with van der Waals surface area (Å²) in [5.41, 5.74) is 1.11. The number of nitrogens with one attached hydrogen (secondary N) is 2. The molecule has 0 spiro atoms. The number of fused-ring (bicyclic) bond motifs is 2. The van der Waals surface area contributed by atoms with E-state index in [1.54, 1.807) is 0 Å². The predicted octanol–water partition coefficient (Wildman–Crippen LogP) is 1.40. The second-order valence-corrected chi connectivity index (χ2v) is 8.15. The first-order valence-electron chi connectivity index (χ1n) is 9.40. The Morgan fingerprint density at radius 3 is 2.50 bits per heavy atom. The zero-order chi connectivity index (χ0) is 16.9. The summed E-state index contributed by atoms with van der Waals surface area (Å²) in [6, 6.07) is 10.5. The van der Waals surface area contributed by atoms with Gasteiger partial charge >= 0.3 is 0 Å². The Labute approximate surface area is 150 Å². The van der Waals surface area contributed by atoms with Gasteiger partial charge in [-0.05, 0) is 0 Å². The van der Waals surface area contributed by atoms with E-state index in [1.807, 2.05) is 30.3 Å². The van der Waals surface area contributed by atoms with Crippen molar-refractivity contribution in [2.24, 2.45) is 23.7 Å². The van der Waals surface area contributed by atoms with Crippen LogP contribution in [0.25, 0.3) is 11.4 Å². The lowest BCUT2D eigenvalue weighted by Crippen LogP contribution is -2.23. The number of anilines is 2. The second kappa shape index (κ2) is 4.53. The van der Waals surface area contributed by atoms with Gasteiger partial charge in [0.2, 0.25) is 11.9 Å². The number of aromatic nitrogens is 3. The molecule has 1 aromatic carbocycles. The van der Waals surface area contributed by atoms with Crippen LogP contribution in [0.1, 0.15) is 0 Å². The molecule has 4 heterocycles. The summed E-state index contributed by atoms with van der Waals surface area (Å²) >= 11 is 0. The van der Waals surface area contributed by atoms with Crippen LogP contribution in [0.3, 0.4) is 0 Å². The van der Waals surface area contributed by atoms with Crippen LogP contribution >= 0.6 is 0 Å². The van der Waals surface area contributed by atoms with E-state index in [2.05, 4.69) is 20.6 Å². The first kappa shape index (κ1) is 13.9. The molecule has 3 saturated carbocycles. The maximum atomic E-state index is 5.75. The van der Waals surface area contributed by atoms with Gasteiger partial charge in [-0.2, -0.15) is 15.0 Å². The monoisotopic (exact) mass is 349 g/mol. The minimum Gasteiger partial charge on any atom is -0.381 e. The maximum absolute atomic E-state index is 5.75. The molecule has 0 amide bonds. The molecule has 8 rings (SSSR count). The van der Waals surface area contributed by atoms with Crippen LogP contribution in [0.5, 0.6) is 0 Å². The van der Waals surface area contributed by atoms with E-state index in [0.29, 0.717) is 53.5 Å². The molecule has 6 atom stereocenters. The Bertz CT molecular complexity index is 875. The van der Waals surface area contributed by atoms with Crippen molar-refractivity contribution in [3.63, 3.8) is 0 Å². The smallest absolute Gasteiger partial charge is 0.228 e. The van der Waals surface area contributed by atoms with Crippen molar-refractivity contribution in [1.82, 2.24) is 15.0 Å². The molecule has 6 fully saturated rings. The lowest BCUT2D eigenvalue weighted by atomic mass is 10.2. The Balaban J connectivity index is 1.22. The molecule has 3 saturated heterocycles. The number of benzene rings is 1. The van der Waals surface area contributed by atoms with Crippen LogP contribution in [0.15, 0.2) is 30.3 Å². The van der Waals surface area contributed by atoms with Crippen molar-refractivity contribution in [3.8, 4) is 11.4 Å². The van der Waals surface area contributed by atoms with Crippen LogP contribution in [0.2, 0.25) is 0 Å². The highest BCUT2D eigenvalue weighted by Gasteiger charge is 2.92. The van der Waals surface area contributed by atoms with Gasteiger partial charge in [-0.3, -0.25) is 0 Å². The average molecular weight is 349 g/mol. The molecule has 7 nitrogen and oxygen atoms in total. The molecule has 7 heteroatoms. The maximum Gasteiger partial charge on any atom is 0.228 e. The van der Waals surface area contributed by atoms with Gasteiger partial charge in [-0.15, -0.1) is 0 Å². The highest BCUT2D eigenvalue weighted by molar-refractivity contribution is 5.61. The van der Waals surface area contributed by atoms with E-state index >= 15 is 0 Å². The van der Waals surface area contributed by atoms with Gasteiger partial charge in [0.1, 0.15) is 0 Å². The summed E-state index contributed by atoms with van der Waals surface area (Å²) in [5, 5.41) is 7.08. The van der Waals surface area contributed by atoms with Crippen LogP contribution in [-0.2, 0) is 9.47 Å². The molecule has 6 unspecified atom stereocenters. The van der Waals surface area contributed by atoms with Crippen molar-refractivity contribution in [2.45, 2.75) is 17.7 Å². The minimum atomic E-state index is 0.108. The molecule has 2 N–H and O–H groups in total. The average Bonchev–Trinajstić information content (AvgIpc) is 3.41. The van der Waals surface area contributed by atoms with Crippen LogP contribution < -0.4 is 10.6 Å². The number of hydrogen-bond donors (Lipinski definition) is 2. The zero-order valence-electron chi connectivity index (χ0n) is 14.1. The molecule has 3 aliphatic carbocycles. The van der Waals surface area contributed by atoms with E-state index in [9.17, 15) is 0 Å². The van der Waals surface area contributed by atoms with Crippen molar-refractivity contribution < 1.29 is 9.47 Å². The first-order valence-corrected chi connectivity index (χ1v) is 9.40. The van der Waals surface area contributed by atoms with E-state index < -0.39 is 0 Å². The van der Waals surface area contributed by atoms with Crippen molar-refractivity contribution in [1.29, 1.82) is 0 Å². The Hall–Kier alpha value is -2.25. The van der Waals surface area contributed by atoms with E-state index in [4.69, 9.17) is 14.5 Å². The number of ether oxygens (including phenoxy) is 2. The summed E-state index contributed by atoms with van der Waals surface area (Å²) in [6.07, 6.45) is 0.362. The third kappa shape index (κ3) is 1.72. The molecule has 1 aromatic heterocycles. The van der Waals surface area contributed by atoms with Gasteiger partial charge < -0.3 is 20.1 Å². The summed E-state index contributed by atoms with van der Waals surface area (Å²) in [4.78, 5) is 14.1. The number of hydrogen-bond acceptors (Lipinski definition) is 7. The summed E-state index contributed by atoms with van der Waals surface area (Å²) in [6.45, 7) is 2.56. The highest BCUT2D eigenvalue weighted by atomic mass is 16.5. The van der Waals surface area contributed by atoms with Crippen LogP contribution in [0, 0.1) is 23.7 Å². The third-order valence-electron chi connectivity index (χ3n) is 6.88. The lowest BCUT2D eigenvalue weighted by Gasteiger charge is -2.13. The Kier molecular flexibility index (Phi) is 2.42. The summed E-state index contributed by atoms with van der Waals surface area (Å²) < 4.78 is 11.2. The van der Waals surface area contributed by atoms with Crippen LogP contribution in [0.4, 0.5) is 11.9 Å². The van der Waals surface area contributed by atoms with Gasteiger partial charge in [0, 0.05) is 35.3 Å². The van der Waals surface area contributed by atoms with E-state index in [-0.39, 0.29) is 5.54 Å². The molecule has 26 heavy (non-hydrogen) atoms. The SMILES string of the molecule is c1ccc(-c2nc(NC3C4COCC43)nc(NC34C5COC3C54)n2)cc1. The minimum absolute atomic E-state index is 0.108. The van der Waals surface area contributed by atoms with Gasteiger partial charge in [0.15, 0.2) is 5.82 Å². The fourth-order valence-corrected chi connectivity index (χ4v) is 5.16. The fraction of sp³-hybridized carbons (Fsp3) is 0.526. The molecular formula is C19H19N5O2. The van der Waals surface area contributed by atoms with Crippen molar-refractivity contribution in [3.05, 3.63) is 30.3 Å². The number of rotatable bonds is 5. The van der Waals surface area contributed by atoms with Gasteiger partial charge in [0.05, 0.1) is 31.5 Å². The fourth-order valence-electron chi connectivity index (χ4n) is 5.16. The molecule has 2 bridgehead atoms. The topological polar surface area (TPSA) is 81.2 Å². The number of nitrogens with zero attached hydrogens (tertiary/aromatic N) is 3. The Morgan fingerprint density at radius 2 is 1.77 bits per heavy atom. The molecule has 0 radical (unpaired) electrons. The quantitative estimate of drug-likeness (QED) is 0.844. The molecular weight excluding hydrogens is 330 g/mol. The van der Waals surface area contributed by atoms with Gasteiger partial charge in [-0.25, -0.2) is 0 Å². The van der Waals surface area contributed by atoms with Gasteiger partial charge in [0.25, 0.3) is 0 Å². The second-order valence-electron chi connectivity index (χ2n) is 8.15. The normalized spacial score (nSPS) is 42.8. The Morgan fingerprint density at radius 1 is 0.962 bits per heavy atom. The molecule has 2 aromatic rings. The van der Waals surface area contributed by atoms with Crippen molar-refractivity contribution in [2.75, 3.05) is 30.5 Å². The highest BCUT2D eigenvalue weighted by Crippen LogP contribution is 2.78. The molecule has 6 aliphatic rings. The van der Waals surface area contributed by atoms with E-state index in [1.165, 1.54) is 0 Å². The summed E-state index contributed by atoms with van der Waals surface area (Å²) in [5.74, 6) is 4.52. The predicted molar refractivity (Wildman–Crippen MR) is 93.5 cm³/mol. The molecule has 132 valence electrons. The summed E-state index contributed by atoms with van der Waals surface area (Å²) in [7, 11) is 0. The largest absolute Gasteiger partial charge is 0.381 e. The van der Waals surface area contributed by atoms with Crippen LogP contribution in [-0.4, -0.2) is 52.5 Å². The molecule has 3 aliphatic heterocycles. The zero-order valence-corrected chi connectivity index (χ0v) is 14.1.